The minimum atomic E-state index is -0.106. The average Bonchev–Trinajstić information content (AvgIpc) is 2.85. The normalized spacial score (nSPS) is 10.3. The molecule has 0 saturated carbocycles. The number of nitrogens with one attached hydrogen (secondary N) is 1. The Morgan fingerprint density at radius 1 is 1.39 bits per heavy atom. The first kappa shape index (κ1) is 13.1. The maximum absolute atomic E-state index is 12.0. The van der Waals surface area contributed by atoms with Gasteiger partial charge in [-0.3, -0.25) is 4.79 Å². The van der Waals surface area contributed by atoms with Crippen LogP contribution in [0.25, 0.3) is 0 Å². The Hall–Kier alpha value is -1.33. The average molecular weight is 325 g/mol. The summed E-state index contributed by atoms with van der Waals surface area (Å²) < 4.78 is 0.755. The summed E-state index contributed by atoms with van der Waals surface area (Å²) in [5, 5.41) is 4.92. The number of thiophene rings is 1. The van der Waals surface area contributed by atoms with Crippen LogP contribution < -0.4 is 11.1 Å². The Bertz CT molecular complexity index is 540. The summed E-state index contributed by atoms with van der Waals surface area (Å²) in [5.74, 6) is -0.106. The van der Waals surface area contributed by atoms with Crippen LogP contribution in [0.2, 0.25) is 0 Å². The number of nitrogens with two attached hydrogens (primary N) is 1. The zero-order chi connectivity index (χ0) is 13.0. The van der Waals surface area contributed by atoms with Crippen molar-refractivity contribution in [1.29, 1.82) is 0 Å². The highest BCUT2D eigenvalue weighted by Gasteiger charge is 2.09. The smallest absolute Gasteiger partial charge is 0.252 e. The number of nitrogen functional groups attached to an aromatic ring is 1. The fourth-order valence-electron chi connectivity index (χ4n) is 1.57. The second-order valence-corrected chi connectivity index (χ2v) is 5.71. The summed E-state index contributed by atoms with van der Waals surface area (Å²) in [6, 6.07) is 9.28. The SMILES string of the molecule is Nc1ccc(Br)c(C(=O)NCCc2cccs2)c1. The molecule has 2 rings (SSSR count). The van der Waals surface area contributed by atoms with E-state index in [9.17, 15) is 4.79 Å². The monoisotopic (exact) mass is 324 g/mol. The van der Waals surface area contributed by atoms with Crippen LogP contribution in [0.5, 0.6) is 0 Å². The molecule has 0 unspecified atom stereocenters. The third-order valence-electron chi connectivity index (χ3n) is 2.47. The molecule has 18 heavy (non-hydrogen) atoms. The van der Waals surface area contributed by atoms with Crippen molar-refractivity contribution in [2.45, 2.75) is 6.42 Å². The highest BCUT2D eigenvalue weighted by Crippen LogP contribution is 2.19. The minimum absolute atomic E-state index is 0.106. The number of carbonyl (C=O) groups is 1. The van der Waals surface area contributed by atoms with Gasteiger partial charge in [-0.2, -0.15) is 0 Å². The molecule has 5 heteroatoms. The van der Waals surface area contributed by atoms with Crippen LogP contribution in [0.15, 0.2) is 40.2 Å². The van der Waals surface area contributed by atoms with E-state index in [4.69, 9.17) is 5.73 Å². The van der Waals surface area contributed by atoms with E-state index in [1.807, 2.05) is 11.4 Å². The Kier molecular flexibility index (Phi) is 4.38. The molecule has 3 nitrogen and oxygen atoms in total. The quantitative estimate of drug-likeness (QED) is 0.849. The molecule has 3 N–H and O–H groups in total. The number of hydrogen-bond acceptors (Lipinski definition) is 3. The molecule has 1 amide bonds. The topological polar surface area (TPSA) is 55.1 Å². The van der Waals surface area contributed by atoms with E-state index in [2.05, 4.69) is 27.3 Å². The van der Waals surface area contributed by atoms with E-state index >= 15 is 0 Å². The second kappa shape index (κ2) is 6.02. The maximum atomic E-state index is 12.0. The number of anilines is 1. The molecule has 0 aliphatic heterocycles. The number of carbonyl (C=O) groups excluding carboxylic acids is 1. The number of amides is 1. The zero-order valence-corrected chi connectivity index (χ0v) is 12.1. The molecule has 2 aromatic rings. The van der Waals surface area contributed by atoms with Gasteiger partial charge in [-0.25, -0.2) is 0 Å². The fraction of sp³-hybridized carbons (Fsp3) is 0.154. The first-order valence-corrected chi connectivity index (χ1v) is 7.19. The number of benzene rings is 1. The van der Waals surface area contributed by atoms with Gasteiger partial charge in [0.05, 0.1) is 5.56 Å². The van der Waals surface area contributed by atoms with Crippen LogP contribution in [0.1, 0.15) is 15.2 Å². The molecule has 1 heterocycles. The predicted octanol–water partition coefficient (Wildman–Crippen LogP) is 3.07. The third kappa shape index (κ3) is 3.34. The largest absolute Gasteiger partial charge is 0.399 e. The van der Waals surface area contributed by atoms with Gasteiger partial charge in [0, 0.05) is 21.6 Å². The Labute approximate surface area is 118 Å². The number of halogens is 1. The first-order chi connectivity index (χ1) is 8.66. The van der Waals surface area contributed by atoms with E-state index in [1.54, 1.807) is 29.5 Å². The van der Waals surface area contributed by atoms with Gasteiger partial charge in [-0.05, 0) is 52.0 Å². The summed E-state index contributed by atoms with van der Waals surface area (Å²) in [7, 11) is 0. The molecule has 0 radical (unpaired) electrons. The second-order valence-electron chi connectivity index (χ2n) is 3.82. The summed E-state index contributed by atoms with van der Waals surface area (Å²) in [5.41, 5.74) is 6.83. The fourth-order valence-corrected chi connectivity index (χ4v) is 2.70. The van der Waals surface area contributed by atoms with E-state index in [0.717, 1.165) is 10.9 Å². The highest BCUT2D eigenvalue weighted by molar-refractivity contribution is 9.10. The zero-order valence-electron chi connectivity index (χ0n) is 9.65. The standard InChI is InChI=1S/C13H13BrN2OS/c14-12-4-3-9(15)8-11(12)13(17)16-6-5-10-2-1-7-18-10/h1-4,7-8H,5-6,15H2,(H,16,17). The van der Waals surface area contributed by atoms with Crippen LogP contribution >= 0.6 is 27.3 Å². The lowest BCUT2D eigenvalue weighted by atomic mass is 10.2. The van der Waals surface area contributed by atoms with Crippen LogP contribution in [-0.2, 0) is 6.42 Å². The molecule has 1 aromatic heterocycles. The van der Waals surface area contributed by atoms with Gasteiger partial charge in [0.2, 0.25) is 0 Å². The molecule has 0 spiro atoms. The van der Waals surface area contributed by atoms with Crippen LogP contribution in [0, 0.1) is 0 Å². The van der Waals surface area contributed by atoms with Gasteiger partial charge in [-0.15, -0.1) is 11.3 Å². The van der Waals surface area contributed by atoms with Crippen molar-refractivity contribution < 1.29 is 4.79 Å². The Balaban J connectivity index is 1.93. The predicted molar refractivity (Wildman–Crippen MR) is 78.9 cm³/mol. The first-order valence-electron chi connectivity index (χ1n) is 5.52. The lowest BCUT2D eigenvalue weighted by Gasteiger charge is -2.07. The van der Waals surface area contributed by atoms with Crippen LogP contribution in [0.3, 0.4) is 0 Å². The molecule has 94 valence electrons. The molecule has 0 saturated heterocycles. The highest BCUT2D eigenvalue weighted by atomic mass is 79.9. The van der Waals surface area contributed by atoms with Gasteiger partial charge < -0.3 is 11.1 Å². The summed E-state index contributed by atoms with van der Waals surface area (Å²) in [4.78, 5) is 13.2. The molecule has 0 aliphatic rings. The summed E-state index contributed by atoms with van der Waals surface area (Å²) in [6.45, 7) is 0.626. The minimum Gasteiger partial charge on any atom is -0.399 e. The number of rotatable bonds is 4. The van der Waals surface area contributed by atoms with Crippen molar-refractivity contribution in [2.24, 2.45) is 0 Å². The maximum Gasteiger partial charge on any atom is 0.252 e. The molecule has 0 aliphatic carbocycles. The van der Waals surface area contributed by atoms with Crippen molar-refractivity contribution in [3.63, 3.8) is 0 Å². The molecule has 0 bridgehead atoms. The van der Waals surface area contributed by atoms with E-state index in [0.29, 0.717) is 17.8 Å². The van der Waals surface area contributed by atoms with Crippen LogP contribution in [0.4, 0.5) is 5.69 Å². The van der Waals surface area contributed by atoms with Gasteiger partial charge >= 0.3 is 0 Å². The van der Waals surface area contributed by atoms with E-state index < -0.39 is 0 Å². The Morgan fingerprint density at radius 2 is 2.22 bits per heavy atom. The van der Waals surface area contributed by atoms with E-state index in [-0.39, 0.29) is 5.91 Å². The van der Waals surface area contributed by atoms with Crippen molar-refractivity contribution in [2.75, 3.05) is 12.3 Å². The lowest BCUT2D eigenvalue weighted by molar-refractivity contribution is 0.0953. The van der Waals surface area contributed by atoms with Crippen molar-refractivity contribution >= 4 is 38.9 Å². The summed E-state index contributed by atoms with van der Waals surface area (Å²) >= 11 is 5.04. The molecular weight excluding hydrogens is 312 g/mol. The van der Waals surface area contributed by atoms with Crippen molar-refractivity contribution in [3.8, 4) is 0 Å². The lowest BCUT2D eigenvalue weighted by Crippen LogP contribution is -2.25. The third-order valence-corrected chi connectivity index (χ3v) is 4.10. The molecule has 0 atom stereocenters. The van der Waals surface area contributed by atoms with E-state index in [1.165, 1.54) is 4.88 Å². The van der Waals surface area contributed by atoms with Gasteiger partial charge in [0.25, 0.3) is 5.91 Å². The van der Waals surface area contributed by atoms with Gasteiger partial charge in [0.1, 0.15) is 0 Å². The molecule has 1 aromatic carbocycles. The van der Waals surface area contributed by atoms with Crippen molar-refractivity contribution in [3.05, 3.63) is 50.6 Å². The Morgan fingerprint density at radius 3 is 2.94 bits per heavy atom. The van der Waals surface area contributed by atoms with Gasteiger partial charge in [-0.1, -0.05) is 6.07 Å². The number of hydrogen-bond donors (Lipinski definition) is 2. The van der Waals surface area contributed by atoms with Crippen molar-refractivity contribution in [1.82, 2.24) is 5.32 Å². The molecular formula is C13H13BrN2OS. The van der Waals surface area contributed by atoms with Gasteiger partial charge in [0.15, 0.2) is 0 Å². The molecule has 0 fully saturated rings. The van der Waals surface area contributed by atoms with Crippen LogP contribution in [-0.4, -0.2) is 12.5 Å². The summed E-state index contributed by atoms with van der Waals surface area (Å²) in [6.07, 6.45) is 0.851.